The number of hydrogen-bond acceptors (Lipinski definition) is 6. The van der Waals surface area contributed by atoms with E-state index in [-0.39, 0.29) is 29.0 Å². The van der Waals surface area contributed by atoms with Gasteiger partial charge < -0.3 is 5.32 Å². The molecule has 0 spiro atoms. The van der Waals surface area contributed by atoms with E-state index >= 15 is 0 Å². The number of nitro groups is 1. The zero-order valence-electron chi connectivity index (χ0n) is 12.3. The summed E-state index contributed by atoms with van der Waals surface area (Å²) < 4.78 is 12.9. The number of aromatic nitrogens is 2. The molecule has 0 aliphatic rings. The van der Waals surface area contributed by atoms with Gasteiger partial charge in [0.05, 0.1) is 4.92 Å². The van der Waals surface area contributed by atoms with Crippen LogP contribution in [0.3, 0.4) is 0 Å². The van der Waals surface area contributed by atoms with Crippen molar-refractivity contribution in [2.75, 3.05) is 11.1 Å². The van der Waals surface area contributed by atoms with Gasteiger partial charge in [0.15, 0.2) is 5.16 Å². The molecule has 0 atom stereocenters. The Kier molecular flexibility index (Phi) is 6.12. The van der Waals surface area contributed by atoms with Gasteiger partial charge in [-0.1, -0.05) is 42.4 Å². The lowest BCUT2D eigenvalue weighted by molar-refractivity contribution is -0.384. The molecule has 0 saturated heterocycles. The molecule has 2 rings (SSSR count). The van der Waals surface area contributed by atoms with Gasteiger partial charge in [0.25, 0.3) is 0 Å². The standard InChI is InChI=1S/C14H14ClFN4O2S/c1-2-7-23-14-18-12(15)11(20(21)22)13(19-14)17-8-9-3-5-10(16)6-4-9/h3-6H,2,7-8H2,1H3,(H,17,18,19). The van der Waals surface area contributed by atoms with Gasteiger partial charge in [0.1, 0.15) is 5.82 Å². The molecular weight excluding hydrogens is 343 g/mol. The Morgan fingerprint density at radius 2 is 2.04 bits per heavy atom. The first-order chi connectivity index (χ1) is 11.0. The Morgan fingerprint density at radius 1 is 1.35 bits per heavy atom. The lowest BCUT2D eigenvalue weighted by Gasteiger charge is -2.09. The Labute approximate surface area is 141 Å². The van der Waals surface area contributed by atoms with Crippen LogP contribution in [0.25, 0.3) is 0 Å². The maximum absolute atomic E-state index is 12.9. The average Bonchev–Trinajstić information content (AvgIpc) is 2.51. The largest absolute Gasteiger partial charge is 0.360 e. The minimum atomic E-state index is -0.621. The molecule has 122 valence electrons. The van der Waals surface area contributed by atoms with E-state index in [1.54, 1.807) is 12.1 Å². The summed E-state index contributed by atoms with van der Waals surface area (Å²) >= 11 is 7.29. The first kappa shape index (κ1) is 17.4. The molecule has 0 amide bonds. The van der Waals surface area contributed by atoms with Gasteiger partial charge in [-0.15, -0.1) is 0 Å². The third-order valence-corrected chi connectivity index (χ3v) is 4.13. The Hall–Kier alpha value is -1.93. The number of nitrogens with one attached hydrogen (secondary N) is 1. The summed E-state index contributed by atoms with van der Waals surface area (Å²) in [6.45, 7) is 2.26. The van der Waals surface area contributed by atoms with Crippen LogP contribution in [0.1, 0.15) is 18.9 Å². The second-order valence-electron chi connectivity index (χ2n) is 4.58. The molecular formula is C14H14ClFN4O2S. The highest BCUT2D eigenvalue weighted by molar-refractivity contribution is 7.99. The van der Waals surface area contributed by atoms with E-state index < -0.39 is 4.92 Å². The van der Waals surface area contributed by atoms with Crippen LogP contribution in [-0.4, -0.2) is 20.6 Å². The second-order valence-corrected chi connectivity index (χ2v) is 6.00. The van der Waals surface area contributed by atoms with E-state index in [1.807, 2.05) is 6.92 Å². The molecule has 9 heteroatoms. The fraction of sp³-hybridized carbons (Fsp3) is 0.286. The molecule has 6 nitrogen and oxygen atoms in total. The number of nitrogens with zero attached hydrogens (tertiary/aromatic N) is 3. The van der Waals surface area contributed by atoms with Gasteiger partial charge in [-0.2, -0.15) is 4.98 Å². The number of benzene rings is 1. The number of hydrogen-bond donors (Lipinski definition) is 1. The number of anilines is 1. The average molecular weight is 357 g/mol. The molecule has 0 saturated carbocycles. The fourth-order valence-corrected chi connectivity index (χ4v) is 2.73. The van der Waals surface area contributed by atoms with Crippen molar-refractivity contribution in [3.63, 3.8) is 0 Å². The van der Waals surface area contributed by atoms with Crippen LogP contribution < -0.4 is 5.32 Å². The van der Waals surface area contributed by atoms with Crippen molar-refractivity contribution < 1.29 is 9.31 Å². The monoisotopic (exact) mass is 356 g/mol. The van der Waals surface area contributed by atoms with Crippen molar-refractivity contribution >= 4 is 34.9 Å². The highest BCUT2D eigenvalue weighted by Gasteiger charge is 2.23. The maximum atomic E-state index is 12.9. The molecule has 0 unspecified atom stereocenters. The zero-order valence-corrected chi connectivity index (χ0v) is 13.8. The third-order valence-electron chi connectivity index (χ3n) is 2.81. The summed E-state index contributed by atoms with van der Waals surface area (Å²) in [6, 6.07) is 5.81. The smallest absolute Gasteiger partial charge is 0.348 e. The normalized spacial score (nSPS) is 10.6. The minimum absolute atomic E-state index is 0.0536. The molecule has 1 heterocycles. The molecule has 0 aliphatic carbocycles. The summed E-state index contributed by atoms with van der Waals surface area (Å²) in [7, 11) is 0. The van der Waals surface area contributed by atoms with Gasteiger partial charge in [-0.25, -0.2) is 9.37 Å². The van der Waals surface area contributed by atoms with Gasteiger partial charge in [0.2, 0.25) is 11.0 Å². The van der Waals surface area contributed by atoms with Crippen LogP contribution in [0.2, 0.25) is 5.15 Å². The molecule has 2 aromatic rings. The topological polar surface area (TPSA) is 81.0 Å². The van der Waals surface area contributed by atoms with Crippen LogP contribution in [0, 0.1) is 15.9 Å². The molecule has 23 heavy (non-hydrogen) atoms. The second kappa shape index (κ2) is 8.07. The van der Waals surface area contributed by atoms with E-state index in [0.29, 0.717) is 5.16 Å². The Balaban J connectivity index is 2.24. The quantitative estimate of drug-likeness (QED) is 0.262. The van der Waals surface area contributed by atoms with Crippen LogP contribution in [0.4, 0.5) is 15.9 Å². The van der Waals surface area contributed by atoms with Crippen molar-refractivity contribution in [2.24, 2.45) is 0 Å². The summed E-state index contributed by atoms with van der Waals surface area (Å²) in [5.74, 6) is 0.493. The Morgan fingerprint density at radius 3 is 2.65 bits per heavy atom. The maximum Gasteiger partial charge on any atom is 0.348 e. The molecule has 0 fully saturated rings. The number of halogens is 2. The summed E-state index contributed by atoms with van der Waals surface area (Å²) in [4.78, 5) is 18.7. The highest BCUT2D eigenvalue weighted by Crippen LogP contribution is 2.32. The summed E-state index contributed by atoms with van der Waals surface area (Å²) in [5, 5.41) is 14.2. The fourth-order valence-electron chi connectivity index (χ4n) is 1.74. The first-order valence-corrected chi connectivity index (χ1v) is 8.20. The van der Waals surface area contributed by atoms with Crippen LogP contribution in [-0.2, 0) is 6.54 Å². The number of rotatable bonds is 7. The van der Waals surface area contributed by atoms with Crippen LogP contribution in [0.15, 0.2) is 29.4 Å². The molecule has 1 aromatic heterocycles. The van der Waals surface area contributed by atoms with Crippen molar-refractivity contribution in [3.8, 4) is 0 Å². The third kappa shape index (κ3) is 4.77. The van der Waals surface area contributed by atoms with Crippen molar-refractivity contribution in [1.29, 1.82) is 0 Å². The van der Waals surface area contributed by atoms with Crippen molar-refractivity contribution in [3.05, 3.63) is 50.9 Å². The molecule has 1 aromatic carbocycles. The highest BCUT2D eigenvalue weighted by atomic mass is 35.5. The number of thioether (sulfide) groups is 1. The molecule has 0 aliphatic heterocycles. The Bertz CT molecular complexity index is 700. The summed E-state index contributed by atoms with van der Waals surface area (Å²) in [6.07, 6.45) is 0.918. The van der Waals surface area contributed by atoms with E-state index in [4.69, 9.17) is 11.6 Å². The van der Waals surface area contributed by atoms with Gasteiger partial charge in [-0.05, 0) is 24.1 Å². The van der Waals surface area contributed by atoms with E-state index in [2.05, 4.69) is 15.3 Å². The SMILES string of the molecule is CCCSc1nc(Cl)c([N+](=O)[O-])c(NCc2ccc(F)cc2)n1. The van der Waals surface area contributed by atoms with E-state index in [9.17, 15) is 14.5 Å². The van der Waals surface area contributed by atoms with Crippen molar-refractivity contribution in [2.45, 2.75) is 25.0 Å². The first-order valence-electron chi connectivity index (χ1n) is 6.84. The van der Waals surface area contributed by atoms with Gasteiger partial charge in [-0.3, -0.25) is 10.1 Å². The predicted octanol–water partition coefficient (Wildman–Crippen LogP) is 4.29. The predicted molar refractivity (Wildman–Crippen MR) is 88.4 cm³/mol. The van der Waals surface area contributed by atoms with Crippen LogP contribution >= 0.6 is 23.4 Å². The molecule has 0 bridgehead atoms. The van der Waals surface area contributed by atoms with Crippen molar-refractivity contribution in [1.82, 2.24) is 9.97 Å². The van der Waals surface area contributed by atoms with E-state index in [0.717, 1.165) is 17.7 Å². The van der Waals surface area contributed by atoms with E-state index in [1.165, 1.54) is 23.9 Å². The van der Waals surface area contributed by atoms with Gasteiger partial charge in [0, 0.05) is 12.3 Å². The molecule has 1 N–H and O–H groups in total. The zero-order chi connectivity index (χ0) is 16.8. The van der Waals surface area contributed by atoms with Crippen LogP contribution in [0.5, 0.6) is 0 Å². The van der Waals surface area contributed by atoms with Gasteiger partial charge >= 0.3 is 5.69 Å². The lowest BCUT2D eigenvalue weighted by Crippen LogP contribution is -2.07. The lowest BCUT2D eigenvalue weighted by atomic mass is 10.2. The summed E-state index contributed by atoms with van der Waals surface area (Å²) in [5.41, 5.74) is 0.396. The molecule has 0 radical (unpaired) electrons. The minimum Gasteiger partial charge on any atom is -0.360 e.